The number of aliphatic hydroxyl groups excluding tert-OH is 1. The van der Waals surface area contributed by atoms with Gasteiger partial charge in [-0.2, -0.15) is 0 Å². The molecule has 0 saturated carbocycles. The summed E-state index contributed by atoms with van der Waals surface area (Å²) in [6, 6.07) is 4.18. The molecule has 2 unspecified atom stereocenters. The van der Waals surface area contributed by atoms with E-state index in [-0.39, 0.29) is 10.6 Å². The maximum atomic E-state index is 13.0. The van der Waals surface area contributed by atoms with Gasteiger partial charge in [0.05, 0.1) is 10.9 Å². The number of ether oxygens (including phenoxy) is 1. The molecule has 15 heavy (non-hydrogen) atoms. The van der Waals surface area contributed by atoms with Crippen molar-refractivity contribution in [2.75, 3.05) is 0 Å². The Bertz CT molecular complexity index is 392. The molecule has 0 spiro atoms. The van der Waals surface area contributed by atoms with E-state index in [4.69, 9.17) is 4.74 Å². The van der Waals surface area contributed by atoms with Crippen molar-refractivity contribution < 1.29 is 14.2 Å². The van der Waals surface area contributed by atoms with Gasteiger partial charge in [-0.25, -0.2) is 4.39 Å². The van der Waals surface area contributed by atoms with Gasteiger partial charge in [0.2, 0.25) is 0 Å². The third-order valence-corrected chi connectivity index (χ3v) is 4.21. The van der Waals surface area contributed by atoms with Crippen molar-refractivity contribution in [1.29, 1.82) is 0 Å². The maximum absolute atomic E-state index is 13.0. The number of alkyl halides is 1. The third kappa shape index (κ3) is 1.76. The normalized spacial score (nSPS) is 28.1. The van der Waals surface area contributed by atoms with Crippen LogP contribution < -0.4 is 4.74 Å². The van der Waals surface area contributed by atoms with Gasteiger partial charge in [-0.15, -0.1) is 0 Å². The predicted octanol–water partition coefficient (Wildman–Crippen LogP) is 2.79. The minimum Gasteiger partial charge on any atom is -0.486 e. The largest absolute Gasteiger partial charge is 0.486 e. The monoisotopic (exact) mass is 274 g/mol. The van der Waals surface area contributed by atoms with Crippen LogP contribution in [0.1, 0.15) is 25.5 Å². The van der Waals surface area contributed by atoms with E-state index in [0.29, 0.717) is 11.3 Å². The first kappa shape index (κ1) is 10.9. The van der Waals surface area contributed by atoms with Crippen molar-refractivity contribution in [2.45, 2.75) is 30.4 Å². The molecule has 0 aliphatic carbocycles. The molecule has 82 valence electrons. The molecule has 1 aromatic rings. The lowest BCUT2D eigenvalue weighted by Crippen LogP contribution is -2.45. The van der Waals surface area contributed by atoms with E-state index >= 15 is 0 Å². The van der Waals surface area contributed by atoms with Gasteiger partial charge < -0.3 is 9.84 Å². The van der Waals surface area contributed by atoms with E-state index < -0.39 is 11.7 Å². The Hall–Kier alpha value is -0.610. The topological polar surface area (TPSA) is 29.5 Å². The van der Waals surface area contributed by atoms with Gasteiger partial charge in [0, 0.05) is 11.6 Å². The lowest BCUT2D eigenvalue weighted by Gasteiger charge is -2.40. The Morgan fingerprint density at radius 2 is 2.13 bits per heavy atom. The molecule has 2 nitrogen and oxygen atoms in total. The SMILES string of the molecule is CC1(C)Oc2cc(F)ccc2C(O)C1Br. The van der Waals surface area contributed by atoms with E-state index in [9.17, 15) is 9.50 Å². The number of benzene rings is 1. The highest BCUT2D eigenvalue weighted by atomic mass is 79.9. The molecule has 0 bridgehead atoms. The molecule has 2 atom stereocenters. The first-order valence-corrected chi connectivity index (χ1v) is 5.64. The molecule has 4 heteroatoms. The number of hydrogen-bond acceptors (Lipinski definition) is 2. The fraction of sp³-hybridized carbons (Fsp3) is 0.455. The first-order valence-electron chi connectivity index (χ1n) is 4.72. The van der Waals surface area contributed by atoms with E-state index in [2.05, 4.69) is 15.9 Å². The van der Waals surface area contributed by atoms with Crippen LogP contribution >= 0.6 is 15.9 Å². The molecule has 1 N–H and O–H groups in total. The van der Waals surface area contributed by atoms with Crippen molar-refractivity contribution in [3.63, 3.8) is 0 Å². The minimum atomic E-state index is -0.677. The van der Waals surface area contributed by atoms with Gasteiger partial charge in [-0.3, -0.25) is 0 Å². The average molecular weight is 275 g/mol. The number of aliphatic hydroxyl groups is 1. The number of rotatable bonds is 0. The average Bonchev–Trinajstić information content (AvgIpc) is 2.13. The second-order valence-electron chi connectivity index (χ2n) is 4.23. The van der Waals surface area contributed by atoms with E-state index in [1.54, 1.807) is 6.07 Å². The zero-order valence-corrected chi connectivity index (χ0v) is 10.1. The van der Waals surface area contributed by atoms with Gasteiger partial charge in [-0.05, 0) is 26.0 Å². The van der Waals surface area contributed by atoms with Crippen LogP contribution in [-0.2, 0) is 0 Å². The summed E-state index contributed by atoms with van der Waals surface area (Å²) < 4.78 is 18.6. The summed E-state index contributed by atoms with van der Waals surface area (Å²) in [6.45, 7) is 3.70. The second-order valence-corrected chi connectivity index (χ2v) is 5.22. The van der Waals surface area contributed by atoms with E-state index in [1.807, 2.05) is 13.8 Å². The van der Waals surface area contributed by atoms with Gasteiger partial charge in [0.1, 0.15) is 17.2 Å². The van der Waals surface area contributed by atoms with Crippen molar-refractivity contribution in [3.8, 4) is 5.75 Å². The molecule has 0 fully saturated rings. The van der Waals surface area contributed by atoms with Crippen LogP contribution in [0, 0.1) is 5.82 Å². The number of hydrogen-bond donors (Lipinski definition) is 1. The standard InChI is InChI=1S/C11H12BrFO2/c1-11(2)10(12)9(14)7-4-3-6(13)5-8(7)15-11/h3-5,9-10,14H,1-2H3. The summed E-state index contributed by atoms with van der Waals surface area (Å²) in [6.07, 6.45) is -0.677. The molecule has 1 heterocycles. The van der Waals surface area contributed by atoms with Crippen molar-refractivity contribution in [3.05, 3.63) is 29.6 Å². The second kappa shape index (κ2) is 3.46. The molecular formula is C11H12BrFO2. The molecule has 1 aliphatic rings. The molecule has 2 rings (SSSR count). The third-order valence-electron chi connectivity index (χ3n) is 2.61. The zero-order valence-electron chi connectivity index (χ0n) is 8.50. The summed E-state index contributed by atoms with van der Waals surface area (Å²) in [7, 11) is 0. The summed E-state index contributed by atoms with van der Waals surface area (Å²) in [5.41, 5.74) is 0.0674. The Balaban J connectivity index is 2.50. The highest BCUT2D eigenvalue weighted by Crippen LogP contribution is 2.43. The minimum absolute atomic E-state index is 0.206. The molecule has 1 aliphatic heterocycles. The highest BCUT2D eigenvalue weighted by Gasteiger charge is 2.41. The first-order chi connectivity index (χ1) is 6.92. The van der Waals surface area contributed by atoms with Crippen LogP contribution in [0.25, 0.3) is 0 Å². The van der Waals surface area contributed by atoms with Crippen LogP contribution in [0.4, 0.5) is 4.39 Å². The van der Waals surface area contributed by atoms with Crippen LogP contribution in [0.3, 0.4) is 0 Å². The molecular weight excluding hydrogens is 263 g/mol. The zero-order chi connectivity index (χ0) is 11.2. The predicted molar refractivity (Wildman–Crippen MR) is 58.8 cm³/mol. The van der Waals surface area contributed by atoms with Crippen LogP contribution in [0.5, 0.6) is 5.75 Å². The fourth-order valence-corrected chi connectivity index (χ4v) is 2.10. The lowest BCUT2D eigenvalue weighted by atomic mass is 9.91. The van der Waals surface area contributed by atoms with Gasteiger partial charge >= 0.3 is 0 Å². The molecule has 1 aromatic carbocycles. The van der Waals surface area contributed by atoms with Crippen molar-refractivity contribution in [1.82, 2.24) is 0 Å². The molecule has 0 radical (unpaired) electrons. The highest BCUT2D eigenvalue weighted by molar-refractivity contribution is 9.09. The Morgan fingerprint density at radius 3 is 2.80 bits per heavy atom. The Morgan fingerprint density at radius 1 is 1.47 bits per heavy atom. The van der Waals surface area contributed by atoms with Crippen molar-refractivity contribution in [2.24, 2.45) is 0 Å². The Labute approximate surface area is 96.2 Å². The Kier molecular flexibility index (Phi) is 2.51. The number of fused-ring (bicyclic) bond motifs is 1. The lowest BCUT2D eigenvalue weighted by molar-refractivity contribution is 0.0222. The van der Waals surface area contributed by atoms with E-state index in [0.717, 1.165) is 0 Å². The quantitative estimate of drug-likeness (QED) is 0.738. The van der Waals surface area contributed by atoms with Gasteiger partial charge in [0.15, 0.2) is 0 Å². The van der Waals surface area contributed by atoms with Gasteiger partial charge in [-0.1, -0.05) is 15.9 Å². The summed E-state index contributed by atoms with van der Waals surface area (Å²) in [4.78, 5) is -0.206. The molecule has 0 saturated heterocycles. The van der Waals surface area contributed by atoms with Gasteiger partial charge in [0.25, 0.3) is 0 Å². The summed E-state index contributed by atoms with van der Waals surface area (Å²) in [5.74, 6) is 0.0629. The molecule has 0 aromatic heterocycles. The van der Waals surface area contributed by atoms with Crippen LogP contribution in [0.2, 0.25) is 0 Å². The smallest absolute Gasteiger partial charge is 0.128 e. The van der Waals surface area contributed by atoms with Crippen LogP contribution in [0.15, 0.2) is 18.2 Å². The number of halogens is 2. The fourth-order valence-electron chi connectivity index (χ4n) is 1.72. The maximum Gasteiger partial charge on any atom is 0.128 e. The van der Waals surface area contributed by atoms with Crippen molar-refractivity contribution >= 4 is 15.9 Å². The van der Waals surface area contributed by atoms with Crippen LogP contribution in [-0.4, -0.2) is 15.5 Å². The molecule has 0 amide bonds. The summed E-state index contributed by atoms with van der Waals surface area (Å²) in [5, 5.41) is 10.0. The van der Waals surface area contributed by atoms with E-state index in [1.165, 1.54) is 12.1 Å². The summed E-state index contributed by atoms with van der Waals surface area (Å²) >= 11 is 3.39.